The molecular weight excluding hydrogens is 360 g/mol. The molecule has 0 bridgehead atoms. The van der Waals surface area contributed by atoms with Gasteiger partial charge in [-0.05, 0) is 27.8 Å². The molecule has 0 saturated heterocycles. The maximum Gasteiger partial charge on any atom is 0.249 e. The van der Waals surface area contributed by atoms with Crippen molar-refractivity contribution in [3.63, 3.8) is 0 Å². The van der Waals surface area contributed by atoms with Gasteiger partial charge in [-0.1, -0.05) is 86.6 Å². The Morgan fingerprint density at radius 1 is 0.897 bits per heavy atom. The fourth-order valence-electron chi connectivity index (χ4n) is 3.51. The molecule has 1 N–H and O–H groups in total. The lowest BCUT2D eigenvalue weighted by Gasteiger charge is -2.26. The van der Waals surface area contributed by atoms with E-state index in [9.17, 15) is 9.59 Å². The zero-order valence-electron chi connectivity index (χ0n) is 17.3. The second-order valence-electron chi connectivity index (χ2n) is 7.84. The Bertz CT molecular complexity index is 977. The third kappa shape index (κ3) is 5.23. The Balaban J connectivity index is 1.83. The van der Waals surface area contributed by atoms with Crippen LogP contribution in [0.5, 0.6) is 0 Å². The number of nitrogens with zero attached hydrogens (tertiary/aromatic N) is 1. The van der Waals surface area contributed by atoms with Gasteiger partial charge in [-0.25, -0.2) is 0 Å². The van der Waals surface area contributed by atoms with Crippen LogP contribution in [0.4, 0.5) is 0 Å². The quantitative estimate of drug-likeness (QED) is 0.638. The number of rotatable bonds is 7. The average molecular weight is 389 g/mol. The number of fused-ring (bicyclic) bond motifs is 1. The van der Waals surface area contributed by atoms with E-state index in [1.54, 1.807) is 11.9 Å². The fourth-order valence-corrected chi connectivity index (χ4v) is 3.51. The van der Waals surface area contributed by atoms with Gasteiger partial charge in [-0.3, -0.25) is 9.59 Å². The van der Waals surface area contributed by atoms with Gasteiger partial charge in [-0.15, -0.1) is 0 Å². The van der Waals surface area contributed by atoms with E-state index < -0.39 is 6.04 Å². The minimum Gasteiger partial charge on any atom is -0.341 e. The molecule has 0 aliphatic rings. The van der Waals surface area contributed by atoms with Crippen LogP contribution in [0.15, 0.2) is 72.8 Å². The molecule has 3 rings (SSSR count). The molecule has 0 saturated carbocycles. The number of hydrogen-bond acceptors (Lipinski definition) is 2. The summed E-state index contributed by atoms with van der Waals surface area (Å²) in [5.41, 5.74) is 1.87. The van der Waals surface area contributed by atoms with Gasteiger partial charge in [0.15, 0.2) is 0 Å². The zero-order valence-corrected chi connectivity index (χ0v) is 17.3. The molecule has 0 aliphatic heterocycles. The molecule has 4 heteroatoms. The molecule has 150 valence electrons. The standard InChI is InChI=1S/C25H28N2O2/c1-18(2)16-23(28)26-24(20-11-5-4-6-12-20)25(29)27(3)17-21-14-9-13-19-10-7-8-15-22(19)21/h4-15,18,24H,16-17H2,1-3H3,(H,26,28). The van der Waals surface area contributed by atoms with Crippen molar-refractivity contribution in [1.82, 2.24) is 10.2 Å². The normalized spacial score (nSPS) is 12.0. The first kappa shape index (κ1) is 20.6. The SMILES string of the molecule is CC(C)CC(=O)NC(C(=O)N(C)Cc1cccc2ccccc12)c1ccccc1. The van der Waals surface area contributed by atoms with Crippen LogP contribution in [0.2, 0.25) is 0 Å². The molecule has 0 heterocycles. The van der Waals surface area contributed by atoms with Gasteiger partial charge in [0, 0.05) is 20.0 Å². The van der Waals surface area contributed by atoms with E-state index in [4.69, 9.17) is 0 Å². The van der Waals surface area contributed by atoms with E-state index in [1.807, 2.05) is 68.4 Å². The van der Waals surface area contributed by atoms with E-state index in [2.05, 4.69) is 23.5 Å². The van der Waals surface area contributed by atoms with Crippen LogP contribution in [0.25, 0.3) is 10.8 Å². The molecule has 2 amide bonds. The summed E-state index contributed by atoms with van der Waals surface area (Å²) >= 11 is 0. The van der Waals surface area contributed by atoms with Gasteiger partial charge in [0.05, 0.1) is 0 Å². The molecule has 0 aromatic heterocycles. The first-order chi connectivity index (χ1) is 14.0. The summed E-state index contributed by atoms with van der Waals surface area (Å²) in [6, 6.07) is 23.0. The average Bonchev–Trinajstić information content (AvgIpc) is 2.72. The van der Waals surface area contributed by atoms with Crippen molar-refractivity contribution in [1.29, 1.82) is 0 Å². The molecular formula is C25H28N2O2. The lowest BCUT2D eigenvalue weighted by atomic mass is 10.0. The third-order valence-electron chi connectivity index (χ3n) is 4.94. The van der Waals surface area contributed by atoms with Crippen LogP contribution >= 0.6 is 0 Å². The topological polar surface area (TPSA) is 49.4 Å². The van der Waals surface area contributed by atoms with Crippen molar-refractivity contribution in [2.45, 2.75) is 32.9 Å². The summed E-state index contributed by atoms with van der Waals surface area (Å²) in [4.78, 5) is 27.4. The van der Waals surface area contributed by atoms with E-state index in [1.165, 1.54) is 0 Å². The summed E-state index contributed by atoms with van der Waals surface area (Å²) in [6.45, 7) is 4.46. The second-order valence-corrected chi connectivity index (χ2v) is 7.84. The first-order valence-corrected chi connectivity index (χ1v) is 10.0. The maximum absolute atomic E-state index is 13.3. The third-order valence-corrected chi connectivity index (χ3v) is 4.94. The van der Waals surface area contributed by atoms with Crippen LogP contribution in [0, 0.1) is 5.92 Å². The highest BCUT2D eigenvalue weighted by molar-refractivity contribution is 5.90. The van der Waals surface area contributed by atoms with Crippen molar-refractivity contribution in [2.75, 3.05) is 7.05 Å². The summed E-state index contributed by atoms with van der Waals surface area (Å²) < 4.78 is 0. The Kier molecular flexibility index (Phi) is 6.65. The summed E-state index contributed by atoms with van der Waals surface area (Å²) in [5, 5.41) is 5.22. The molecule has 29 heavy (non-hydrogen) atoms. The van der Waals surface area contributed by atoms with Crippen molar-refractivity contribution in [3.8, 4) is 0 Å². The van der Waals surface area contributed by atoms with Crippen LogP contribution in [0.3, 0.4) is 0 Å². The van der Waals surface area contributed by atoms with E-state index >= 15 is 0 Å². The number of hydrogen-bond donors (Lipinski definition) is 1. The number of carbonyl (C=O) groups excluding carboxylic acids is 2. The minimum atomic E-state index is -0.692. The Morgan fingerprint density at radius 2 is 1.55 bits per heavy atom. The van der Waals surface area contributed by atoms with Gasteiger partial charge in [-0.2, -0.15) is 0 Å². The highest BCUT2D eigenvalue weighted by Crippen LogP contribution is 2.22. The largest absolute Gasteiger partial charge is 0.341 e. The molecule has 0 fully saturated rings. The van der Waals surface area contributed by atoms with E-state index in [-0.39, 0.29) is 17.7 Å². The molecule has 0 spiro atoms. The number of likely N-dealkylation sites (N-methyl/N-ethyl adjacent to an activating group) is 1. The molecule has 1 unspecified atom stereocenters. The second kappa shape index (κ2) is 9.37. The highest BCUT2D eigenvalue weighted by atomic mass is 16.2. The number of nitrogens with one attached hydrogen (secondary N) is 1. The Labute approximate surface area is 172 Å². The molecule has 4 nitrogen and oxygen atoms in total. The Hall–Kier alpha value is -3.14. The van der Waals surface area contributed by atoms with Crippen molar-refractivity contribution < 1.29 is 9.59 Å². The summed E-state index contributed by atoms with van der Waals surface area (Å²) in [6.07, 6.45) is 0.393. The lowest BCUT2D eigenvalue weighted by Crippen LogP contribution is -2.41. The lowest BCUT2D eigenvalue weighted by molar-refractivity contribution is -0.136. The Morgan fingerprint density at radius 3 is 2.28 bits per heavy atom. The fraction of sp³-hybridized carbons (Fsp3) is 0.280. The van der Waals surface area contributed by atoms with Gasteiger partial charge < -0.3 is 10.2 Å². The molecule has 0 radical (unpaired) electrons. The molecule has 3 aromatic rings. The number of amides is 2. The monoisotopic (exact) mass is 388 g/mol. The number of carbonyl (C=O) groups is 2. The van der Waals surface area contributed by atoms with Gasteiger partial charge in [0.25, 0.3) is 0 Å². The van der Waals surface area contributed by atoms with Crippen LogP contribution < -0.4 is 5.32 Å². The van der Waals surface area contributed by atoms with Crippen LogP contribution in [-0.4, -0.2) is 23.8 Å². The number of benzene rings is 3. The van der Waals surface area contributed by atoms with Crippen LogP contribution in [-0.2, 0) is 16.1 Å². The van der Waals surface area contributed by atoms with E-state index in [0.717, 1.165) is 21.9 Å². The molecule has 1 atom stereocenters. The van der Waals surface area contributed by atoms with Crippen molar-refractivity contribution in [3.05, 3.63) is 83.9 Å². The molecule has 3 aromatic carbocycles. The predicted molar refractivity (Wildman–Crippen MR) is 117 cm³/mol. The van der Waals surface area contributed by atoms with Gasteiger partial charge >= 0.3 is 0 Å². The summed E-state index contributed by atoms with van der Waals surface area (Å²) in [7, 11) is 1.79. The molecule has 0 aliphatic carbocycles. The zero-order chi connectivity index (χ0) is 20.8. The van der Waals surface area contributed by atoms with Crippen LogP contribution in [0.1, 0.15) is 37.4 Å². The minimum absolute atomic E-state index is 0.110. The van der Waals surface area contributed by atoms with Crippen molar-refractivity contribution in [2.24, 2.45) is 5.92 Å². The smallest absolute Gasteiger partial charge is 0.249 e. The van der Waals surface area contributed by atoms with Gasteiger partial charge in [0.2, 0.25) is 11.8 Å². The maximum atomic E-state index is 13.3. The summed E-state index contributed by atoms with van der Waals surface area (Å²) in [5.74, 6) is -0.00283. The van der Waals surface area contributed by atoms with Crippen molar-refractivity contribution >= 4 is 22.6 Å². The predicted octanol–water partition coefficient (Wildman–Crippen LogP) is 4.70. The van der Waals surface area contributed by atoms with E-state index in [0.29, 0.717) is 13.0 Å². The first-order valence-electron chi connectivity index (χ1n) is 10.0. The van der Waals surface area contributed by atoms with Gasteiger partial charge in [0.1, 0.15) is 6.04 Å². The highest BCUT2D eigenvalue weighted by Gasteiger charge is 2.26.